The predicted octanol–water partition coefficient (Wildman–Crippen LogP) is 9.38. The van der Waals surface area contributed by atoms with Gasteiger partial charge in [-0.2, -0.15) is 16.3 Å². The number of benzene rings is 5. The molecule has 0 spiro atoms. The molecule has 181 valence electrons. The van der Waals surface area contributed by atoms with Crippen molar-refractivity contribution in [1.29, 1.82) is 0 Å². The molecule has 1 radical (unpaired) electrons. The average Bonchev–Trinajstić information content (AvgIpc) is 2.88. The number of hydrogen-bond acceptors (Lipinski definition) is 6. The third-order valence-corrected chi connectivity index (χ3v) is 6.04. The molecular weight excluding hydrogens is 535 g/mol. The number of aryl methyl sites for hydroxylation is 2. The fraction of sp³-hybridized carbons (Fsp3) is 0.133. The second kappa shape index (κ2) is 11.7. The predicted molar refractivity (Wildman–Crippen MR) is 147 cm³/mol. The molecule has 0 atom stereocenters. The molecule has 0 aliphatic rings. The second-order valence-corrected chi connectivity index (χ2v) is 8.67. The Morgan fingerprint density at radius 3 is 2.38 bits per heavy atom. The Labute approximate surface area is 241 Å². The Bertz CT molecular complexity index is 1650. The van der Waals surface area contributed by atoms with Gasteiger partial charge in [0, 0.05) is 50.3 Å². The van der Waals surface area contributed by atoms with Crippen LogP contribution in [0, 0.1) is 19.9 Å². The second-order valence-electron chi connectivity index (χ2n) is 8.67. The number of nitrogens with one attached hydrogen (secondary N) is 1. The van der Waals surface area contributed by atoms with Crippen molar-refractivity contribution < 1.29 is 37.8 Å². The molecule has 5 aromatic carbocycles. The van der Waals surface area contributed by atoms with Gasteiger partial charge in [0.2, 0.25) is 0 Å². The van der Waals surface area contributed by atoms with Gasteiger partial charge in [0.25, 0.3) is 0 Å². The van der Waals surface area contributed by atoms with E-state index < -0.39 is 0 Å². The van der Waals surface area contributed by atoms with Crippen molar-refractivity contribution in [3.05, 3.63) is 96.1 Å². The van der Waals surface area contributed by atoms with Crippen LogP contribution in [0.15, 0.2) is 99.3 Å². The first-order valence-electron chi connectivity index (χ1n) is 11.9. The summed E-state index contributed by atoms with van der Waals surface area (Å²) >= 11 is 0. The molecule has 0 aliphatic heterocycles. The van der Waals surface area contributed by atoms with E-state index in [2.05, 4.69) is 50.9 Å². The Hall–Kier alpha value is -3.48. The van der Waals surface area contributed by atoms with Crippen LogP contribution in [0.3, 0.4) is 0 Å². The van der Waals surface area contributed by atoms with E-state index in [9.17, 15) is 5.11 Å². The van der Waals surface area contributed by atoms with Gasteiger partial charge in [-0.1, -0.05) is 37.3 Å². The Morgan fingerprint density at radius 1 is 0.784 bits per heavy atom. The van der Waals surface area contributed by atoms with Crippen molar-refractivity contribution in [2.75, 3.05) is 11.9 Å². The molecule has 0 bridgehead atoms. The average molecular weight is 561 g/mol. The van der Waals surface area contributed by atoms with Gasteiger partial charge in [0.15, 0.2) is 5.75 Å². The largest absolute Gasteiger partial charge is 0.505 e. The summed E-state index contributed by atoms with van der Waals surface area (Å²) in [4.78, 5) is 0. The van der Waals surface area contributed by atoms with E-state index in [-0.39, 0.29) is 38.5 Å². The minimum absolute atomic E-state index is 0. The topological polar surface area (TPSA) is 81.7 Å². The molecule has 5 rings (SSSR count). The van der Waals surface area contributed by atoms with Crippen LogP contribution >= 0.6 is 0 Å². The molecule has 0 aliphatic carbocycles. The van der Waals surface area contributed by atoms with Crippen molar-refractivity contribution in [1.82, 2.24) is 0 Å². The van der Waals surface area contributed by atoms with E-state index >= 15 is 0 Å². The quantitative estimate of drug-likeness (QED) is 0.160. The van der Waals surface area contributed by atoms with E-state index in [0.29, 0.717) is 17.1 Å². The number of rotatable bonds is 6. The molecule has 0 fully saturated rings. The normalized spacial score (nSPS) is 11.4. The van der Waals surface area contributed by atoms with Gasteiger partial charge < -0.3 is 10.4 Å². The van der Waals surface area contributed by atoms with Gasteiger partial charge in [-0.3, -0.25) is 0 Å². The van der Waals surface area contributed by atoms with E-state index in [4.69, 9.17) is 0 Å². The SMILES string of the molecule is CCNc1ccc2c(O)c(N=Nc3[c-]cc(N=Nc4ccc5ccccc5c4)c(C)c3)c(C)cc2c1.[Y]. The Kier molecular flexibility index (Phi) is 8.42. The van der Waals surface area contributed by atoms with E-state index in [1.54, 1.807) is 6.07 Å². The third-order valence-electron chi connectivity index (χ3n) is 6.04. The van der Waals surface area contributed by atoms with Crippen molar-refractivity contribution in [3.8, 4) is 5.75 Å². The zero-order chi connectivity index (χ0) is 25.1. The summed E-state index contributed by atoms with van der Waals surface area (Å²) in [5.41, 5.74) is 5.27. The molecule has 2 N–H and O–H groups in total. The number of phenols is 1. The van der Waals surface area contributed by atoms with Gasteiger partial charge in [0.1, 0.15) is 5.69 Å². The molecule has 0 saturated carbocycles. The van der Waals surface area contributed by atoms with Crippen LogP contribution in [0.25, 0.3) is 21.5 Å². The first-order valence-corrected chi connectivity index (χ1v) is 11.9. The number of azo groups is 2. The fourth-order valence-corrected chi connectivity index (χ4v) is 4.15. The molecule has 0 unspecified atom stereocenters. The summed E-state index contributed by atoms with van der Waals surface area (Å²) in [5.74, 6) is 0.120. The van der Waals surface area contributed by atoms with Crippen molar-refractivity contribution in [2.45, 2.75) is 20.8 Å². The van der Waals surface area contributed by atoms with Gasteiger partial charge in [0.05, 0.1) is 5.69 Å². The number of fused-ring (bicyclic) bond motifs is 2. The zero-order valence-electron chi connectivity index (χ0n) is 21.0. The van der Waals surface area contributed by atoms with E-state index in [1.807, 2.05) is 74.5 Å². The third kappa shape index (κ3) is 5.92. The Balaban J connectivity index is 0.00000320. The number of nitrogens with zero attached hydrogens (tertiary/aromatic N) is 4. The molecule has 0 amide bonds. The van der Waals surface area contributed by atoms with E-state index in [0.717, 1.165) is 45.2 Å². The monoisotopic (exact) mass is 561 g/mol. The molecule has 0 saturated heterocycles. The summed E-state index contributed by atoms with van der Waals surface area (Å²) in [6.07, 6.45) is 0. The zero-order valence-corrected chi connectivity index (χ0v) is 23.9. The molecule has 0 aromatic heterocycles. The first-order chi connectivity index (χ1) is 17.5. The minimum Gasteiger partial charge on any atom is -0.505 e. The van der Waals surface area contributed by atoms with Crippen molar-refractivity contribution in [3.63, 3.8) is 0 Å². The van der Waals surface area contributed by atoms with Crippen molar-refractivity contribution >= 4 is 50.0 Å². The summed E-state index contributed by atoms with van der Waals surface area (Å²) in [6.45, 7) is 6.75. The maximum absolute atomic E-state index is 10.9. The number of anilines is 1. The van der Waals surface area contributed by atoms with Gasteiger partial charge in [-0.05, 0) is 83.3 Å². The van der Waals surface area contributed by atoms with Crippen LogP contribution in [0.1, 0.15) is 18.1 Å². The molecule has 0 heterocycles. The van der Waals surface area contributed by atoms with E-state index in [1.165, 1.54) is 5.39 Å². The minimum atomic E-state index is 0. The first kappa shape index (κ1) is 26.6. The number of phenolic OH excluding ortho intramolecular Hbond substituents is 1. The smallest absolute Gasteiger partial charge is 0.151 e. The summed E-state index contributed by atoms with van der Waals surface area (Å²) in [5, 5.41) is 35.6. The van der Waals surface area contributed by atoms with Crippen molar-refractivity contribution in [2.24, 2.45) is 20.5 Å². The van der Waals surface area contributed by atoms with Crippen LogP contribution in [-0.4, -0.2) is 11.7 Å². The summed E-state index contributed by atoms with van der Waals surface area (Å²) in [6, 6.07) is 28.8. The molecule has 37 heavy (non-hydrogen) atoms. The summed E-state index contributed by atoms with van der Waals surface area (Å²) < 4.78 is 0. The summed E-state index contributed by atoms with van der Waals surface area (Å²) in [7, 11) is 0. The number of aromatic hydroxyl groups is 1. The van der Waals surface area contributed by atoms with Crippen LogP contribution in [-0.2, 0) is 32.7 Å². The maximum Gasteiger partial charge on any atom is 0.151 e. The fourth-order valence-electron chi connectivity index (χ4n) is 4.15. The molecule has 5 aromatic rings. The standard InChI is InChI=1S/C30H26N5O.Y/c1-4-31-24-11-13-27-23(18-24)15-20(3)29(30(27)36)35-33-25-12-14-28(19(2)16-25)34-32-26-10-9-21-7-5-6-8-22(21)17-26;/h5-11,13-18,31,36H,4H2,1-3H3;/q-1;. The van der Waals surface area contributed by atoms with Crippen LogP contribution in [0.5, 0.6) is 5.75 Å². The maximum atomic E-state index is 10.9. The molecule has 7 heteroatoms. The van der Waals surface area contributed by atoms with Crippen LogP contribution < -0.4 is 5.32 Å². The Morgan fingerprint density at radius 2 is 1.59 bits per heavy atom. The molecular formula is C30H26N5OY-. The van der Waals surface area contributed by atoms with Gasteiger partial charge >= 0.3 is 0 Å². The van der Waals surface area contributed by atoms with Crippen LogP contribution in [0.2, 0.25) is 0 Å². The number of hydrogen-bond donors (Lipinski definition) is 2. The van der Waals surface area contributed by atoms with Gasteiger partial charge in [-0.15, -0.1) is 22.8 Å². The van der Waals surface area contributed by atoms with Crippen LogP contribution in [0.4, 0.5) is 28.4 Å². The van der Waals surface area contributed by atoms with Gasteiger partial charge in [-0.25, -0.2) is 5.11 Å². The molecule has 6 nitrogen and oxygen atoms in total.